The van der Waals surface area contributed by atoms with Crippen LogP contribution in [0.4, 0.5) is 4.39 Å². The van der Waals surface area contributed by atoms with Gasteiger partial charge in [-0.25, -0.2) is 9.37 Å². The van der Waals surface area contributed by atoms with E-state index in [4.69, 9.17) is 11.6 Å². The monoisotopic (exact) mass is 253 g/mol. The van der Waals surface area contributed by atoms with E-state index in [1.54, 1.807) is 0 Å². The molecule has 0 atom stereocenters. The summed E-state index contributed by atoms with van der Waals surface area (Å²) in [4.78, 5) is 4.91. The van der Waals surface area contributed by atoms with Crippen molar-refractivity contribution in [2.24, 2.45) is 0 Å². The highest BCUT2D eigenvalue weighted by Crippen LogP contribution is 2.29. The molecule has 0 aliphatic heterocycles. The zero-order valence-electron chi connectivity index (χ0n) is 8.58. The maximum atomic E-state index is 13.4. The summed E-state index contributed by atoms with van der Waals surface area (Å²) < 4.78 is 13.4. The molecular formula is C12H9ClFNS. The van der Waals surface area contributed by atoms with Crippen LogP contribution in [0.25, 0.3) is 0 Å². The molecule has 0 bridgehead atoms. The molecule has 0 saturated heterocycles. The lowest BCUT2D eigenvalue weighted by Crippen LogP contribution is -1.86. The smallest absolute Gasteiger partial charge is 0.157 e. The van der Waals surface area contributed by atoms with E-state index in [1.807, 2.05) is 31.2 Å². The molecule has 1 aromatic heterocycles. The molecular weight excluding hydrogens is 245 g/mol. The van der Waals surface area contributed by atoms with Gasteiger partial charge in [0.25, 0.3) is 0 Å². The van der Waals surface area contributed by atoms with Crippen molar-refractivity contribution in [3.63, 3.8) is 0 Å². The topological polar surface area (TPSA) is 12.9 Å². The van der Waals surface area contributed by atoms with Crippen molar-refractivity contribution in [3.05, 3.63) is 52.9 Å². The molecule has 4 heteroatoms. The molecule has 2 aromatic rings. The van der Waals surface area contributed by atoms with Crippen molar-refractivity contribution >= 4 is 23.4 Å². The van der Waals surface area contributed by atoms with E-state index in [0.29, 0.717) is 10.0 Å². The van der Waals surface area contributed by atoms with Gasteiger partial charge in [-0.2, -0.15) is 0 Å². The molecule has 16 heavy (non-hydrogen) atoms. The summed E-state index contributed by atoms with van der Waals surface area (Å²) in [7, 11) is 0. The van der Waals surface area contributed by atoms with E-state index in [9.17, 15) is 4.39 Å². The minimum Gasteiger partial charge on any atom is -0.245 e. The lowest BCUT2D eigenvalue weighted by Gasteiger charge is -2.02. The van der Waals surface area contributed by atoms with Gasteiger partial charge in [-0.1, -0.05) is 41.1 Å². The highest BCUT2D eigenvalue weighted by Gasteiger charge is 2.06. The first-order valence-electron chi connectivity index (χ1n) is 4.71. The number of hydrogen-bond acceptors (Lipinski definition) is 2. The number of hydrogen-bond donors (Lipinski definition) is 0. The standard InChI is InChI=1S/C12H9ClFNS/c1-8-2-4-10(5-3-8)16-12-11(14)6-9(13)7-15-12/h2-7H,1H3. The second kappa shape index (κ2) is 4.85. The predicted octanol–water partition coefficient (Wildman–Crippen LogP) is 4.33. The molecule has 0 unspecified atom stereocenters. The normalized spacial score (nSPS) is 10.4. The maximum Gasteiger partial charge on any atom is 0.157 e. The quantitative estimate of drug-likeness (QED) is 0.790. The van der Waals surface area contributed by atoms with Crippen LogP contribution in [-0.2, 0) is 0 Å². The lowest BCUT2D eigenvalue weighted by atomic mass is 10.2. The molecule has 0 saturated carbocycles. The Morgan fingerprint density at radius 2 is 1.94 bits per heavy atom. The first-order valence-corrected chi connectivity index (χ1v) is 5.90. The van der Waals surface area contributed by atoms with Crippen molar-refractivity contribution in [1.82, 2.24) is 4.98 Å². The summed E-state index contributed by atoms with van der Waals surface area (Å²) in [5.41, 5.74) is 1.17. The molecule has 0 N–H and O–H groups in total. The number of pyridine rings is 1. The van der Waals surface area contributed by atoms with Crippen LogP contribution < -0.4 is 0 Å². The Labute approximate surface area is 103 Å². The highest BCUT2D eigenvalue weighted by molar-refractivity contribution is 7.99. The van der Waals surface area contributed by atoms with Crippen molar-refractivity contribution < 1.29 is 4.39 Å². The average Bonchev–Trinajstić information content (AvgIpc) is 2.25. The summed E-state index contributed by atoms with van der Waals surface area (Å²) in [6.45, 7) is 2.01. The van der Waals surface area contributed by atoms with Crippen LogP contribution in [0.3, 0.4) is 0 Å². The molecule has 0 amide bonds. The molecule has 1 heterocycles. The second-order valence-electron chi connectivity index (χ2n) is 3.36. The lowest BCUT2D eigenvalue weighted by molar-refractivity contribution is 0.588. The molecule has 82 valence electrons. The molecule has 0 aliphatic rings. The summed E-state index contributed by atoms with van der Waals surface area (Å²) in [5.74, 6) is -0.391. The molecule has 0 fully saturated rings. The summed E-state index contributed by atoms with van der Waals surface area (Å²) >= 11 is 6.92. The number of benzene rings is 1. The van der Waals surface area contributed by atoms with Gasteiger partial charge in [-0.15, -0.1) is 0 Å². The Hall–Kier alpha value is -1.06. The summed E-state index contributed by atoms with van der Waals surface area (Å²) in [5, 5.41) is 0.652. The van der Waals surface area contributed by atoms with Gasteiger partial charge in [0, 0.05) is 11.1 Å². The zero-order chi connectivity index (χ0) is 11.5. The number of aryl methyl sites for hydroxylation is 1. The second-order valence-corrected chi connectivity index (χ2v) is 4.85. The van der Waals surface area contributed by atoms with Crippen molar-refractivity contribution in [2.45, 2.75) is 16.8 Å². The average molecular weight is 254 g/mol. The first-order chi connectivity index (χ1) is 7.65. The Bertz CT molecular complexity index is 499. The third-order valence-electron chi connectivity index (χ3n) is 2.01. The third-order valence-corrected chi connectivity index (χ3v) is 3.22. The van der Waals surface area contributed by atoms with E-state index < -0.39 is 5.82 Å². The predicted molar refractivity (Wildman–Crippen MR) is 64.5 cm³/mol. The Morgan fingerprint density at radius 1 is 1.25 bits per heavy atom. The largest absolute Gasteiger partial charge is 0.245 e. The fraction of sp³-hybridized carbons (Fsp3) is 0.0833. The Kier molecular flexibility index (Phi) is 3.46. The van der Waals surface area contributed by atoms with Crippen LogP contribution in [0.2, 0.25) is 5.02 Å². The van der Waals surface area contributed by atoms with Crippen LogP contribution in [0.1, 0.15) is 5.56 Å². The molecule has 0 aliphatic carbocycles. The van der Waals surface area contributed by atoms with Gasteiger partial charge in [0.15, 0.2) is 5.82 Å². The van der Waals surface area contributed by atoms with Crippen LogP contribution >= 0.6 is 23.4 Å². The van der Waals surface area contributed by atoms with Gasteiger partial charge >= 0.3 is 0 Å². The number of nitrogens with zero attached hydrogens (tertiary/aromatic N) is 1. The fourth-order valence-electron chi connectivity index (χ4n) is 1.20. The van der Waals surface area contributed by atoms with Crippen LogP contribution in [0.5, 0.6) is 0 Å². The van der Waals surface area contributed by atoms with E-state index >= 15 is 0 Å². The van der Waals surface area contributed by atoms with E-state index in [-0.39, 0.29) is 0 Å². The van der Waals surface area contributed by atoms with Gasteiger partial charge in [-0.3, -0.25) is 0 Å². The minimum absolute atomic E-state index is 0.311. The Balaban J connectivity index is 2.23. The highest BCUT2D eigenvalue weighted by atomic mass is 35.5. The van der Waals surface area contributed by atoms with E-state index in [0.717, 1.165) is 4.90 Å². The van der Waals surface area contributed by atoms with Gasteiger partial charge in [0.2, 0.25) is 0 Å². The number of aromatic nitrogens is 1. The van der Waals surface area contributed by atoms with E-state index in [2.05, 4.69) is 4.98 Å². The SMILES string of the molecule is Cc1ccc(Sc2ncc(Cl)cc2F)cc1. The van der Waals surface area contributed by atoms with Gasteiger partial charge in [0.05, 0.1) is 5.02 Å². The molecule has 0 spiro atoms. The van der Waals surface area contributed by atoms with E-state index in [1.165, 1.54) is 29.6 Å². The summed E-state index contributed by atoms with van der Waals surface area (Å²) in [6, 6.07) is 9.11. The van der Waals surface area contributed by atoms with Crippen molar-refractivity contribution in [2.75, 3.05) is 0 Å². The molecule has 1 aromatic carbocycles. The van der Waals surface area contributed by atoms with Crippen molar-refractivity contribution in [1.29, 1.82) is 0 Å². The fourth-order valence-corrected chi connectivity index (χ4v) is 2.10. The Morgan fingerprint density at radius 3 is 2.56 bits per heavy atom. The van der Waals surface area contributed by atoms with Crippen LogP contribution in [0, 0.1) is 12.7 Å². The molecule has 0 radical (unpaired) electrons. The minimum atomic E-state index is -0.391. The van der Waals surface area contributed by atoms with Gasteiger partial charge in [0.1, 0.15) is 5.03 Å². The summed E-state index contributed by atoms with van der Waals surface area (Å²) in [6.07, 6.45) is 1.45. The number of halogens is 2. The molecule has 1 nitrogen and oxygen atoms in total. The van der Waals surface area contributed by atoms with Crippen molar-refractivity contribution in [3.8, 4) is 0 Å². The number of rotatable bonds is 2. The van der Waals surface area contributed by atoms with Crippen LogP contribution in [0.15, 0.2) is 46.5 Å². The van der Waals surface area contributed by atoms with Crippen LogP contribution in [-0.4, -0.2) is 4.98 Å². The first kappa shape index (κ1) is 11.4. The van der Waals surface area contributed by atoms with Gasteiger partial charge in [-0.05, 0) is 25.1 Å². The maximum absolute atomic E-state index is 13.4. The zero-order valence-corrected chi connectivity index (χ0v) is 10.1. The molecule has 2 rings (SSSR count). The third kappa shape index (κ3) is 2.74. The van der Waals surface area contributed by atoms with Gasteiger partial charge < -0.3 is 0 Å².